The molecule has 0 aromatic rings. The van der Waals surface area contributed by atoms with Crippen molar-refractivity contribution in [2.45, 2.75) is 31.5 Å². The second-order valence-corrected chi connectivity index (χ2v) is 3.57. The average molecular weight is 200 g/mol. The van der Waals surface area contributed by atoms with Gasteiger partial charge >= 0.3 is 0 Å². The fourth-order valence-corrected chi connectivity index (χ4v) is 1.64. The second kappa shape index (κ2) is 4.54. The molecule has 1 aliphatic rings. The summed E-state index contributed by atoms with van der Waals surface area (Å²) in [4.78, 5) is 10.8. The molecule has 0 aliphatic heterocycles. The van der Waals surface area contributed by atoms with Crippen LogP contribution in [0, 0.1) is 0 Å². The van der Waals surface area contributed by atoms with Gasteiger partial charge in [-0.2, -0.15) is 0 Å². The molecule has 0 radical (unpaired) electrons. The molecular weight excluding hydrogens is 184 g/mol. The summed E-state index contributed by atoms with van der Waals surface area (Å²) in [7, 11) is 0. The Morgan fingerprint density at radius 3 is 2.86 bits per heavy atom. The summed E-state index contributed by atoms with van der Waals surface area (Å²) in [5.41, 5.74) is 6.47. The lowest BCUT2D eigenvalue weighted by molar-refractivity contribution is -0.120. The molecular formula is C9H16N2O3. The van der Waals surface area contributed by atoms with Gasteiger partial charge in [-0.3, -0.25) is 4.79 Å². The molecule has 1 amide bonds. The number of carbonyl (C=O) groups excluding carboxylic acids is 1. The monoisotopic (exact) mass is 200 g/mol. The van der Waals surface area contributed by atoms with Crippen LogP contribution in [0.25, 0.3) is 0 Å². The smallest absolute Gasteiger partial charge is 0.217 e. The van der Waals surface area contributed by atoms with E-state index >= 15 is 0 Å². The van der Waals surface area contributed by atoms with Crippen LogP contribution in [0.3, 0.4) is 0 Å². The van der Waals surface area contributed by atoms with E-state index in [1.807, 2.05) is 0 Å². The van der Waals surface area contributed by atoms with Gasteiger partial charge in [0.15, 0.2) is 0 Å². The lowest BCUT2D eigenvalue weighted by atomic mass is 9.89. The molecule has 5 nitrogen and oxygen atoms in total. The van der Waals surface area contributed by atoms with Crippen LogP contribution in [0.1, 0.15) is 13.3 Å². The molecule has 0 aromatic carbocycles. The number of hydrogen-bond donors (Lipinski definition) is 4. The second-order valence-electron chi connectivity index (χ2n) is 3.57. The lowest BCUT2D eigenvalue weighted by Crippen LogP contribution is -2.55. The number of hydrogen-bond acceptors (Lipinski definition) is 4. The summed E-state index contributed by atoms with van der Waals surface area (Å²) >= 11 is 0. The van der Waals surface area contributed by atoms with Crippen LogP contribution in [0.15, 0.2) is 11.6 Å². The van der Waals surface area contributed by atoms with E-state index in [4.69, 9.17) is 10.8 Å². The summed E-state index contributed by atoms with van der Waals surface area (Å²) in [5.74, 6) is -0.217. The highest BCUT2D eigenvalue weighted by Crippen LogP contribution is 2.17. The Kier molecular flexibility index (Phi) is 3.62. The van der Waals surface area contributed by atoms with Crippen LogP contribution in [0.2, 0.25) is 0 Å². The Bertz CT molecular complexity index is 252. The highest BCUT2D eigenvalue weighted by molar-refractivity contribution is 5.73. The predicted molar refractivity (Wildman–Crippen MR) is 51.4 cm³/mol. The van der Waals surface area contributed by atoms with Crippen molar-refractivity contribution in [2.75, 3.05) is 6.61 Å². The van der Waals surface area contributed by atoms with E-state index in [-0.39, 0.29) is 18.6 Å². The van der Waals surface area contributed by atoms with E-state index in [0.717, 1.165) is 0 Å². The van der Waals surface area contributed by atoms with Gasteiger partial charge in [-0.25, -0.2) is 0 Å². The maximum Gasteiger partial charge on any atom is 0.217 e. The van der Waals surface area contributed by atoms with Crippen molar-refractivity contribution in [1.29, 1.82) is 0 Å². The number of amides is 1. The number of rotatable bonds is 2. The standard InChI is InChI=1S/C9H16N2O3/c1-5(13)11-9-7(10)2-6(4-12)3-8(9)14/h3,7-9,12,14H,2,4,10H2,1H3,(H,11,13). The average Bonchev–Trinajstić information content (AvgIpc) is 2.10. The van der Waals surface area contributed by atoms with Crippen molar-refractivity contribution < 1.29 is 15.0 Å². The van der Waals surface area contributed by atoms with Crippen molar-refractivity contribution in [3.63, 3.8) is 0 Å². The largest absolute Gasteiger partial charge is 0.392 e. The van der Waals surface area contributed by atoms with Crippen LogP contribution >= 0.6 is 0 Å². The van der Waals surface area contributed by atoms with Crippen molar-refractivity contribution in [1.82, 2.24) is 5.32 Å². The Morgan fingerprint density at radius 2 is 2.43 bits per heavy atom. The first-order valence-electron chi connectivity index (χ1n) is 4.55. The first-order chi connectivity index (χ1) is 6.54. The summed E-state index contributed by atoms with van der Waals surface area (Å²) in [6.45, 7) is 1.28. The Morgan fingerprint density at radius 1 is 1.79 bits per heavy atom. The van der Waals surface area contributed by atoms with E-state index in [1.165, 1.54) is 6.92 Å². The molecule has 0 spiro atoms. The molecule has 80 valence electrons. The van der Waals surface area contributed by atoms with Crippen molar-refractivity contribution in [2.24, 2.45) is 5.73 Å². The molecule has 3 unspecified atom stereocenters. The predicted octanol–water partition coefficient (Wildman–Crippen LogP) is -1.50. The van der Waals surface area contributed by atoms with E-state index in [1.54, 1.807) is 6.08 Å². The van der Waals surface area contributed by atoms with Crippen molar-refractivity contribution >= 4 is 5.91 Å². The molecule has 1 aliphatic carbocycles. The van der Waals surface area contributed by atoms with Crippen molar-refractivity contribution in [3.05, 3.63) is 11.6 Å². The minimum atomic E-state index is -0.815. The van der Waals surface area contributed by atoms with Crippen molar-refractivity contribution in [3.8, 4) is 0 Å². The molecule has 0 saturated heterocycles. The zero-order valence-electron chi connectivity index (χ0n) is 8.10. The van der Waals surface area contributed by atoms with Crippen LogP contribution in [-0.4, -0.2) is 40.9 Å². The Hall–Kier alpha value is -0.910. The van der Waals surface area contributed by atoms with E-state index in [9.17, 15) is 9.90 Å². The number of nitrogens with one attached hydrogen (secondary N) is 1. The Balaban J connectivity index is 2.70. The molecule has 3 atom stereocenters. The summed E-state index contributed by atoms with van der Waals surface area (Å²) in [5, 5.41) is 21.1. The quantitative estimate of drug-likeness (QED) is 0.408. The van der Waals surface area contributed by atoms with Gasteiger partial charge in [0, 0.05) is 13.0 Å². The van der Waals surface area contributed by atoms with Gasteiger partial charge in [-0.15, -0.1) is 0 Å². The molecule has 0 saturated carbocycles. The SMILES string of the molecule is CC(=O)NC1C(O)C=C(CO)CC1N. The van der Waals surface area contributed by atoms with Gasteiger partial charge in [0.2, 0.25) is 5.91 Å². The number of nitrogens with two attached hydrogens (primary N) is 1. The summed E-state index contributed by atoms with van der Waals surface area (Å²) in [6, 6.07) is -0.802. The van der Waals surface area contributed by atoms with E-state index < -0.39 is 12.1 Å². The van der Waals surface area contributed by atoms with Crippen LogP contribution < -0.4 is 11.1 Å². The molecule has 5 heteroatoms. The Labute approximate surface area is 82.6 Å². The minimum absolute atomic E-state index is 0.0997. The maximum atomic E-state index is 10.8. The van der Waals surface area contributed by atoms with Gasteiger partial charge in [0.25, 0.3) is 0 Å². The highest BCUT2D eigenvalue weighted by Gasteiger charge is 2.29. The van der Waals surface area contributed by atoms with Gasteiger partial charge in [0.1, 0.15) is 0 Å². The first-order valence-corrected chi connectivity index (χ1v) is 4.55. The number of aliphatic hydroxyl groups is 2. The van der Waals surface area contributed by atoms with Gasteiger partial charge in [0.05, 0.1) is 18.8 Å². The number of aliphatic hydroxyl groups excluding tert-OH is 2. The fourth-order valence-electron chi connectivity index (χ4n) is 1.64. The third-order valence-electron chi connectivity index (χ3n) is 2.31. The minimum Gasteiger partial charge on any atom is -0.392 e. The molecule has 0 aromatic heterocycles. The van der Waals surface area contributed by atoms with Crippen LogP contribution in [0.5, 0.6) is 0 Å². The van der Waals surface area contributed by atoms with Gasteiger partial charge in [-0.1, -0.05) is 6.08 Å². The molecule has 0 bridgehead atoms. The van der Waals surface area contributed by atoms with Gasteiger partial charge in [-0.05, 0) is 12.0 Å². The third-order valence-corrected chi connectivity index (χ3v) is 2.31. The topological polar surface area (TPSA) is 95.6 Å². The van der Waals surface area contributed by atoms with Crippen LogP contribution in [0.4, 0.5) is 0 Å². The molecule has 5 N–H and O–H groups in total. The van der Waals surface area contributed by atoms with E-state index in [0.29, 0.717) is 12.0 Å². The normalized spacial score (nSPS) is 32.3. The zero-order chi connectivity index (χ0) is 10.7. The maximum absolute atomic E-state index is 10.8. The molecule has 1 rings (SSSR count). The van der Waals surface area contributed by atoms with Crippen LogP contribution in [-0.2, 0) is 4.79 Å². The van der Waals surface area contributed by atoms with E-state index in [2.05, 4.69) is 5.32 Å². The summed E-state index contributed by atoms with van der Waals surface area (Å²) < 4.78 is 0. The summed E-state index contributed by atoms with van der Waals surface area (Å²) in [6.07, 6.45) is 1.23. The first kappa shape index (κ1) is 11.2. The lowest BCUT2D eigenvalue weighted by Gasteiger charge is -2.32. The molecule has 14 heavy (non-hydrogen) atoms. The zero-order valence-corrected chi connectivity index (χ0v) is 8.10. The third kappa shape index (κ3) is 2.54. The number of carbonyl (C=O) groups is 1. The molecule has 0 heterocycles. The fraction of sp³-hybridized carbons (Fsp3) is 0.667. The molecule has 0 fully saturated rings. The van der Waals surface area contributed by atoms with Gasteiger partial charge < -0.3 is 21.3 Å². The highest BCUT2D eigenvalue weighted by atomic mass is 16.3.